The number of nitrogens with zero attached hydrogens (tertiary/aromatic N) is 5. The molecule has 3 aromatic rings. The number of nitrogens with one attached hydrogen (secondary N) is 1. The molecule has 0 aliphatic heterocycles. The van der Waals surface area contributed by atoms with Crippen molar-refractivity contribution in [1.29, 1.82) is 0 Å². The lowest BCUT2D eigenvalue weighted by molar-refractivity contribution is -0.121. The number of hydrogen-bond donors (Lipinski definition) is 1. The summed E-state index contributed by atoms with van der Waals surface area (Å²) in [4.78, 5) is 34.2. The van der Waals surface area contributed by atoms with Crippen LogP contribution < -0.4 is 5.32 Å². The molecule has 1 aromatic carbocycles. The molecule has 0 saturated heterocycles. The van der Waals surface area contributed by atoms with E-state index in [9.17, 15) is 9.59 Å². The van der Waals surface area contributed by atoms with Crippen LogP contribution in [0.2, 0.25) is 0 Å². The molecule has 146 valence electrons. The Labute approximate surface area is 163 Å². The SMILES string of the molecule is Cc1nc2ncnn2c(C)c1CCC(=O)NCc1ccc(C(=O)N(C)C)cc1. The highest BCUT2D eigenvalue weighted by Crippen LogP contribution is 2.15. The minimum Gasteiger partial charge on any atom is -0.352 e. The molecule has 2 heterocycles. The second kappa shape index (κ2) is 8.16. The molecule has 0 radical (unpaired) electrons. The van der Waals surface area contributed by atoms with Crippen molar-refractivity contribution >= 4 is 17.6 Å². The van der Waals surface area contributed by atoms with E-state index in [1.54, 1.807) is 30.7 Å². The molecular formula is C20H24N6O2. The van der Waals surface area contributed by atoms with E-state index >= 15 is 0 Å². The van der Waals surface area contributed by atoms with Crippen LogP contribution in [0.5, 0.6) is 0 Å². The molecule has 2 amide bonds. The summed E-state index contributed by atoms with van der Waals surface area (Å²) in [5.41, 5.74) is 4.41. The highest BCUT2D eigenvalue weighted by atomic mass is 16.2. The first-order valence-electron chi connectivity index (χ1n) is 9.10. The maximum atomic E-state index is 12.3. The molecule has 28 heavy (non-hydrogen) atoms. The second-order valence-electron chi connectivity index (χ2n) is 6.91. The molecule has 0 spiro atoms. The standard InChI is InChI=1S/C20H24N6O2/c1-13-17(14(2)26-20(24-13)22-12-23-26)9-10-18(27)21-11-15-5-7-16(8-6-15)19(28)25(3)4/h5-8,12H,9-11H2,1-4H3,(H,21,27). The predicted molar refractivity (Wildman–Crippen MR) is 105 cm³/mol. The number of rotatable bonds is 6. The van der Waals surface area contributed by atoms with Crippen LogP contribution in [0, 0.1) is 13.8 Å². The van der Waals surface area contributed by atoms with Crippen molar-refractivity contribution in [2.75, 3.05) is 14.1 Å². The van der Waals surface area contributed by atoms with Gasteiger partial charge in [-0.1, -0.05) is 12.1 Å². The largest absolute Gasteiger partial charge is 0.352 e. The molecular weight excluding hydrogens is 356 g/mol. The fourth-order valence-corrected chi connectivity index (χ4v) is 3.07. The van der Waals surface area contributed by atoms with E-state index in [0.29, 0.717) is 30.7 Å². The Kier molecular flexibility index (Phi) is 5.67. The van der Waals surface area contributed by atoms with Gasteiger partial charge in [-0.25, -0.2) is 9.50 Å². The predicted octanol–water partition coefficient (Wildman–Crippen LogP) is 1.69. The molecule has 2 aromatic heterocycles. The van der Waals surface area contributed by atoms with E-state index in [1.807, 2.05) is 26.0 Å². The molecule has 0 aliphatic rings. The van der Waals surface area contributed by atoms with Crippen LogP contribution in [0.3, 0.4) is 0 Å². The molecule has 8 nitrogen and oxygen atoms in total. The van der Waals surface area contributed by atoms with Crippen molar-refractivity contribution in [3.8, 4) is 0 Å². The first-order valence-corrected chi connectivity index (χ1v) is 9.10. The van der Waals surface area contributed by atoms with Crippen molar-refractivity contribution in [2.45, 2.75) is 33.2 Å². The summed E-state index contributed by atoms with van der Waals surface area (Å²) in [5.74, 6) is 0.490. The van der Waals surface area contributed by atoms with Crippen molar-refractivity contribution in [1.82, 2.24) is 29.8 Å². The fraction of sp³-hybridized carbons (Fsp3) is 0.350. The van der Waals surface area contributed by atoms with E-state index in [1.165, 1.54) is 11.2 Å². The molecule has 0 saturated carbocycles. The van der Waals surface area contributed by atoms with E-state index in [0.717, 1.165) is 22.5 Å². The number of hydrogen-bond acceptors (Lipinski definition) is 5. The number of fused-ring (bicyclic) bond motifs is 1. The van der Waals surface area contributed by atoms with Gasteiger partial charge < -0.3 is 10.2 Å². The van der Waals surface area contributed by atoms with Crippen molar-refractivity contribution in [3.05, 3.63) is 58.7 Å². The van der Waals surface area contributed by atoms with Crippen LogP contribution >= 0.6 is 0 Å². The Morgan fingerprint density at radius 1 is 1.14 bits per heavy atom. The van der Waals surface area contributed by atoms with Crippen LogP contribution in [0.15, 0.2) is 30.6 Å². The summed E-state index contributed by atoms with van der Waals surface area (Å²) in [6, 6.07) is 7.26. The third-order valence-corrected chi connectivity index (χ3v) is 4.69. The normalized spacial score (nSPS) is 10.9. The first kappa shape index (κ1) is 19.5. The molecule has 8 heteroatoms. The highest BCUT2D eigenvalue weighted by molar-refractivity contribution is 5.93. The number of amides is 2. The summed E-state index contributed by atoms with van der Waals surface area (Å²) in [6.07, 6.45) is 2.42. The average Bonchev–Trinajstić information content (AvgIpc) is 3.14. The number of carbonyl (C=O) groups excluding carboxylic acids is 2. The summed E-state index contributed by atoms with van der Waals surface area (Å²) < 4.78 is 1.69. The Morgan fingerprint density at radius 2 is 1.86 bits per heavy atom. The zero-order chi connectivity index (χ0) is 20.3. The summed E-state index contributed by atoms with van der Waals surface area (Å²) >= 11 is 0. The third kappa shape index (κ3) is 4.16. The summed E-state index contributed by atoms with van der Waals surface area (Å²) in [7, 11) is 3.44. The number of aryl methyl sites for hydroxylation is 2. The molecule has 1 N–H and O–H groups in total. The van der Waals surface area contributed by atoms with Gasteiger partial charge in [-0.2, -0.15) is 10.1 Å². The molecule has 0 atom stereocenters. The number of carbonyl (C=O) groups is 2. The van der Waals surface area contributed by atoms with Crippen molar-refractivity contribution in [3.63, 3.8) is 0 Å². The lowest BCUT2D eigenvalue weighted by Crippen LogP contribution is -2.24. The van der Waals surface area contributed by atoms with Gasteiger partial charge in [0.2, 0.25) is 5.91 Å². The van der Waals surface area contributed by atoms with E-state index in [4.69, 9.17) is 0 Å². The Morgan fingerprint density at radius 3 is 2.54 bits per heavy atom. The Bertz CT molecular complexity index is 1010. The zero-order valence-corrected chi connectivity index (χ0v) is 16.6. The molecule has 0 unspecified atom stereocenters. The van der Waals surface area contributed by atoms with Crippen molar-refractivity contribution < 1.29 is 9.59 Å². The van der Waals surface area contributed by atoms with Gasteiger partial charge in [-0.05, 0) is 43.5 Å². The Balaban J connectivity index is 1.56. The molecule has 0 aliphatic carbocycles. The minimum absolute atomic E-state index is 0.0362. The minimum atomic E-state index is -0.0423. The maximum absolute atomic E-state index is 12.3. The maximum Gasteiger partial charge on any atom is 0.253 e. The third-order valence-electron chi connectivity index (χ3n) is 4.69. The number of benzene rings is 1. The van der Waals surface area contributed by atoms with Gasteiger partial charge in [0, 0.05) is 44.0 Å². The van der Waals surface area contributed by atoms with Crippen LogP contribution in [-0.2, 0) is 17.8 Å². The second-order valence-corrected chi connectivity index (χ2v) is 6.91. The van der Waals surface area contributed by atoms with E-state index < -0.39 is 0 Å². The van der Waals surface area contributed by atoms with Gasteiger partial charge in [0.05, 0.1) is 0 Å². The van der Waals surface area contributed by atoms with Gasteiger partial charge in [-0.15, -0.1) is 0 Å². The van der Waals surface area contributed by atoms with Gasteiger partial charge in [-0.3, -0.25) is 9.59 Å². The van der Waals surface area contributed by atoms with Gasteiger partial charge in [0.15, 0.2) is 0 Å². The quantitative estimate of drug-likeness (QED) is 0.703. The van der Waals surface area contributed by atoms with E-state index in [2.05, 4.69) is 20.4 Å². The van der Waals surface area contributed by atoms with Crippen LogP contribution in [0.4, 0.5) is 0 Å². The van der Waals surface area contributed by atoms with Crippen molar-refractivity contribution in [2.24, 2.45) is 0 Å². The molecule has 0 bridgehead atoms. The van der Waals surface area contributed by atoms with Gasteiger partial charge in [0.25, 0.3) is 11.7 Å². The summed E-state index contributed by atoms with van der Waals surface area (Å²) in [6.45, 7) is 4.30. The highest BCUT2D eigenvalue weighted by Gasteiger charge is 2.13. The lowest BCUT2D eigenvalue weighted by Gasteiger charge is -2.12. The van der Waals surface area contributed by atoms with Gasteiger partial charge >= 0.3 is 0 Å². The summed E-state index contributed by atoms with van der Waals surface area (Å²) in [5, 5.41) is 7.09. The van der Waals surface area contributed by atoms with Gasteiger partial charge in [0.1, 0.15) is 6.33 Å². The topological polar surface area (TPSA) is 92.5 Å². The fourth-order valence-electron chi connectivity index (χ4n) is 3.07. The van der Waals surface area contributed by atoms with Crippen LogP contribution in [0.1, 0.15) is 39.3 Å². The monoisotopic (exact) mass is 380 g/mol. The number of aromatic nitrogens is 4. The lowest BCUT2D eigenvalue weighted by atomic mass is 10.1. The van der Waals surface area contributed by atoms with Crippen LogP contribution in [0.25, 0.3) is 5.78 Å². The van der Waals surface area contributed by atoms with E-state index in [-0.39, 0.29) is 11.8 Å². The van der Waals surface area contributed by atoms with Crippen LogP contribution in [-0.4, -0.2) is 50.4 Å². The molecule has 0 fully saturated rings. The molecule has 3 rings (SSSR count). The Hall–Kier alpha value is -3.29. The zero-order valence-electron chi connectivity index (χ0n) is 16.6. The first-order chi connectivity index (χ1) is 13.4. The average molecular weight is 380 g/mol. The smallest absolute Gasteiger partial charge is 0.253 e.